The fourth-order valence-corrected chi connectivity index (χ4v) is 9.45. The van der Waals surface area contributed by atoms with E-state index in [1.165, 1.54) is 33.6 Å². The van der Waals surface area contributed by atoms with Crippen molar-refractivity contribution in [3.05, 3.63) is 194 Å². The molecular weight excluding hydrogens is 741 g/mol. The largest absolute Gasteiger partial charge is 0.309 e. The molecule has 0 saturated heterocycles. The highest BCUT2D eigenvalue weighted by Crippen LogP contribution is 2.45. The summed E-state index contributed by atoms with van der Waals surface area (Å²) in [5.74, 6) is 1.45. The maximum Gasteiger partial charge on any atom is 0.162 e. The number of nitrogens with zero attached hydrogens (tertiary/aromatic N) is 6. The first-order valence-electron chi connectivity index (χ1n) is 19.7. The van der Waals surface area contributed by atoms with Crippen molar-refractivity contribution >= 4 is 66.4 Å². The maximum absolute atomic E-state index is 5.32. The molecule has 0 amide bonds. The molecule has 0 spiro atoms. The van der Waals surface area contributed by atoms with E-state index >= 15 is 0 Å². The van der Waals surface area contributed by atoms with Gasteiger partial charge in [0.15, 0.2) is 5.82 Å². The van der Waals surface area contributed by atoms with E-state index in [1.807, 2.05) is 24.3 Å². The van der Waals surface area contributed by atoms with Crippen LogP contribution in [0.25, 0.3) is 111 Å². The van der Waals surface area contributed by atoms with Crippen LogP contribution < -0.4 is 0 Å². The SMILES string of the molecule is c1ccc(-c2cc(-n3c4ccccc4c4c5nsnc5c(-c5cccc6c5c5ccccc5n6-c5ccccc5-c5ccccc5)cc43)nc(-c3ccccc3)n2)cc1. The van der Waals surface area contributed by atoms with Gasteiger partial charge in [0.1, 0.15) is 16.9 Å². The summed E-state index contributed by atoms with van der Waals surface area (Å²) in [6.07, 6.45) is 0. The average molecular weight is 773 g/mol. The standard InChI is InChI=1S/C52H32N6S/c1-4-17-33(18-5-1)36-23-10-13-27-42(36)57-43-28-14-11-24-38(43)48-37(26-16-30-45(48)57)40-31-46-49(51-50(40)55-59-56-51)39-25-12-15-29-44(39)58(46)47-32-41(34-19-6-2-7-20-34)53-52(54-47)35-21-8-3-9-22-35/h1-32H. The Morgan fingerprint density at radius 3 is 1.71 bits per heavy atom. The van der Waals surface area contributed by atoms with Crippen molar-refractivity contribution in [1.82, 2.24) is 27.8 Å². The van der Waals surface area contributed by atoms with Gasteiger partial charge in [-0.15, -0.1) is 0 Å². The van der Waals surface area contributed by atoms with Gasteiger partial charge in [-0.3, -0.25) is 4.57 Å². The predicted octanol–water partition coefficient (Wildman–Crippen LogP) is 13.3. The molecule has 0 aliphatic carbocycles. The number of fused-ring (bicyclic) bond motifs is 8. The Labute approximate surface area is 343 Å². The van der Waals surface area contributed by atoms with Crippen LogP contribution in [-0.2, 0) is 0 Å². The lowest BCUT2D eigenvalue weighted by Gasteiger charge is -2.14. The van der Waals surface area contributed by atoms with Crippen molar-refractivity contribution in [2.24, 2.45) is 0 Å². The van der Waals surface area contributed by atoms with Gasteiger partial charge in [0.25, 0.3) is 0 Å². The molecule has 8 aromatic carbocycles. The third-order valence-corrected chi connectivity index (χ3v) is 12.0. The average Bonchev–Trinajstić information content (AvgIpc) is 4.02. The first kappa shape index (κ1) is 33.4. The molecule has 276 valence electrons. The van der Waals surface area contributed by atoms with Crippen molar-refractivity contribution in [2.45, 2.75) is 0 Å². The Morgan fingerprint density at radius 1 is 0.373 bits per heavy atom. The van der Waals surface area contributed by atoms with E-state index in [4.69, 9.17) is 18.7 Å². The summed E-state index contributed by atoms with van der Waals surface area (Å²) in [6.45, 7) is 0. The second-order valence-corrected chi connectivity index (χ2v) is 15.3. The van der Waals surface area contributed by atoms with Crippen molar-refractivity contribution in [3.8, 4) is 56.4 Å². The van der Waals surface area contributed by atoms with Crippen LogP contribution in [0.5, 0.6) is 0 Å². The molecule has 12 rings (SSSR count). The molecule has 0 fully saturated rings. The Morgan fingerprint density at radius 2 is 0.949 bits per heavy atom. The molecule has 0 radical (unpaired) electrons. The molecule has 12 aromatic rings. The molecule has 59 heavy (non-hydrogen) atoms. The quantitative estimate of drug-likeness (QED) is 0.169. The molecule has 6 nitrogen and oxygen atoms in total. The van der Waals surface area contributed by atoms with Crippen LogP contribution >= 0.6 is 11.7 Å². The number of para-hydroxylation sites is 3. The Hall–Kier alpha value is -7.74. The topological polar surface area (TPSA) is 61.4 Å². The van der Waals surface area contributed by atoms with Gasteiger partial charge in [-0.05, 0) is 41.5 Å². The fraction of sp³-hybridized carbons (Fsp3) is 0. The fourth-order valence-electron chi connectivity index (χ4n) is 8.89. The van der Waals surface area contributed by atoms with Crippen LogP contribution in [-0.4, -0.2) is 27.8 Å². The molecule has 4 heterocycles. The maximum atomic E-state index is 5.32. The minimum Gasteiger partial charge on any atom is -0.309 e. The highest BCUT2D eigenvalue weighted by Gasteiger charge is 2.25. The summed E-state index contributed by atoms with van der Waals surface area (Å²) < 4.78 is 14.8. The molecule has 0 saturated carbocycles. The summed E-state index contributed by atoms with van der Waals surface area (Å²) in [5.41, 5.74) is 14.5. The van der Waals surface area contributed by atoms with E-state index in [0.717, 1.165) is 83.3 Å². The number of aromatic nitrogens is 6. The molecule has 0 unspecified atom stereocenters. The smallest absolute Gasteiger partial charge is 0.162 e. The summed E-state index contributed by atoms with van der Waals surface area (Å²) in [5, 5.41) is 4.50. The minimum absolute atomic E-state index is 0.665. The third-order valence-electron chi connectivity index (χ3n) is 11.4. The third kappa shape index (κ3) is 5.25. The monoisotopic (exact) mass is 772 g/mol. The number of hydrogen-bond acceptors (Lipinski definition) is 5. The van der Waals surface area contributed by atoms with Gasteiger partial charge in [0.2, 0.25) is 0 Å². The van der Waals surface area contributed by atoms with E-state index in [0.29, 0.717) is 5.82 Å². The summed E-state index contributed by atoms with van der Waals surface area (Å²) in [4.78, 5) is 10.4. The van der Waals surface area contributed by atoms with Crippen molar-refractivity contribution < 1.29 is 0 Å². The molecule has 0 N–H and O–H groups in total. The number of hydrogen-bond donors (Lipinski definition) is 0. The minimum atomic E-state index is 0.665. The molecule has 0 aliphatic heterocycles. The first-order chi connectivity index (χ1) is 29.3. The van der Waals surface area contributed by atoms with Gasteiger partial charge in [0, 0.05) is 49.9 Å². The number of benzene rings is 8. The lowest BCUT2D eigenvalue weighted by Crippen LogP contribution is -2.02. The van der Waals surface area contributed by atoms with Crippen LogP contribution in [0, 0.1) is 0 Å². The Balaban J connectivity index is 1.17. The summed E-state index contributed by atoms with van der Waals surface area (Å²) in [7, 11) is 0. The second-order valence-electron chi connectivity index (χ2n) is 14.7. The Bertz CT molecular complexity index is 3490. The lowest BCUT2D eigenvalue weighted by atomic mass is 9.96. The molecular formula is C52H32N6S. The zero-order valence-electron chi connectivity index (χ0n) is 31.6. The van der Waals surface area contributed by atoms with Crippen molar-refractivity contribution in [3.63, 3.8) is 0 Å². The van der Waals surface area contributed by atoms with Crippen LogP contribution in [0.15, 0.2) is 194 Å². The van der Waals surface area contributed by atoms with Crippen LogP contribution in [0.4, 0.5) is 0 Å². The van der Waals surface area contributed by atoms with Gasteiger partial charge in [0.05, 0.1) is 45.2 Å². The molecule has 0 bridgehead atoms. The Kier molecular flexibility index (Phi) is 7.61. The molecule has 0 atom stereocenters. The zero-order chi connectivity index (χ0) is 38.9. The van der Waals surface area contributed by atoms with Crippen LogP contribution in [0.1, 0.15) is 0 Å². The molecule has 0 aliphatic rings. The molecule has 4 aromatic heterocycles. The zero-order valence-corrected chi connectivity index (χ0v) is 32.4. The highest BCUT2D eigenvalue weighted by molar-refractivity contribution is 7.00. The first-order valence-corrected chi connectivity index (χ1v) is 20.4. The molecule has 7 heteroatoms. The van der Waals surface area contributed by atoms with Gasteiger partial charge >= 0.3 is 0 Å². The van der Waals surface area contributed by atoms with Gasteiger partial charge < -0.3 is 4.57 Å². The summed E-state index contributed by atoms with van der Waals surface area (Å²) in [6, 6.07) is 68.2. The second kappa shape index (κ2) is 13.4. The summed E-state index contributed by atoms with van der Waals surface area (Å²) >= 11 is 1.26. The van der Waals surface area contributed by atoms with E-state index in [2.05, 4.69) is 179 Å². The van der Waals surface area contributed by atoms with Crippen molar-refractivity contribution in [1.29, 1.82) is 0 Å². The van der Waals surface area contributed by atoms with Gasteiger partial charge in [-0.25, -0.2) is 9.97 Å². The van der Waals surface area contributed by atoms with Crippen molar-refractivity contribution in [2.75, 3.05) is 0 Å². The predicted molar refractivity (Wildman–Crippen MR) is 243 cm³/mol. The van der Waals surface area contributed by atoms with Crippen LogP contribution in [0.3, 0.4) is 0 Å². The van der Waals surface area contributed by atoms with E-state index in [9.17, 15) is 0 Å². The van der Waals surface area contributed by atoms with Gasteiger partial charge in [-0.2, -0.15) is 8.75 Å². The lowest BCUT2D eigenvalue weighted by molar-refractivity contribution is 1.05. The number of rotatable bonds is 6. The highest BCUT2D eigenvalue weighted by atomic mass is 32.1. The van der Waals surface area contributed by atoms with E-state index in [-0.39, 0.29) is 0 Å². The van der Waals surface area contributed by atoms with E-state index in [1.54, 1.807) is 0 Å². The van der Waals surface area contributed by atoms with Crippen LogP contribution in [0.2, 0.25) is 0 Å². The normalized spacial score (nSPS) is 11.7. The van der Waals surface area contributed by atoms with Gasteiger partial charge in [-0.1, -0.05) is 158 Å². The van der Waals surface area contributed by atoms with E-state index < -0.39 is 0 Å².